The second-order valence-corrected chi connectivity index (χ2v) is 11.8. The van der Waals surface area contributed by atoms with Crippen LogP contribution >= 0.6 is 11.3 Å². The first kappa shape index (κ1) is 21.0. The van der Waals surface area contributed by atoms with E-state index in [-0.39, 0.29) is 11.4 Å². The molecule has 4 rings (SSSR count). The Morgan fingerprint density at radius 1 is 1.41 bits per heavy atom. The number of nitrogens with zero attached hydrogens (tertiary/aromatic N) is 4. The van der Waals surface area contributed by atoms with E-state index in [2.05, 4.69) is 35.1 Å². The van der Waals surface area contributed by atoms with Gasteiger partial charge in [-0.3, -0.25) is 9.58 Å². The minimum atomic E-state index is -3.00. The molecule has 2 aliphatic rings. The summed E-state index contributed by atoms with van der Waals surface area (Å²) in [7, 11) is -3.00. The van der Waals surface area contributed by atoms with Gasteiger partial charge in [-0.15, -0.1) is 16.4 Å². The highest BCUT2D eigenvalue weighted by Crippen LogP contribution is 2.47. The lowest BCUT2D eigenvalue weighted by atomic mass is 9.82. The zero-order valence-corrected chi connectivity index (χ0v) is 19.1. The van der Waals surface area contributed by atoms with E-state index in [9.17, 15) is 8.42 Å². The van der Waals surface area contributed by atoms with Gasteiger partial charge in [-0.1, -0.05) is 12.1 Å². The van der Waals surface area contributed by atoms with Crippen LogP contribution in [-0.4, -0.2) is 59.5 Å². The van der Waals surface area contributed by atoms with Crippen LogP contribution in [0.5, 0.6) is 0 Å². The Kier molecular flexibility index (Phi) is 5.85. The third kappa shape index (κ3) is 4.57. The van der Waals surface area contributed by atoms with Crippen LogP contribution in [0.3, 0.4) is 0 Å². The van der Waals surface area contributed by atoms with E-state index in [1.807, 2.05) is 17.5 Å². The fourth-order valence-electron chi connectivity index (χ4n) is 4.47. The van der Waals surface area contributed by atoms with Gasteiger partial charge in [0.25, 0.3) is 0 Å². The lowest BCUT2D eigenvalue weighted by Crippen LogP contribution is -2.50. The molecule has 0 unspecified atom stereocenters. The van der Waals surface area contributed by atoms with Crippen LogP contribution in [-0.2, 0) is 46.1 Å². The Morgan fingerprint density at radius 2 is 2.24 bits per heavy atom. The molecular formula is C20H30N4O3S2. The Bertz CT molecular complexity index is 968. The van der Waals surface area contributed by atoms with E-state index in [0.29, 0.717) is 12.6 Å². The molecule has 2 atom stereocenters. The summed E-state index contributed by atoms with van der Waals surface area (Å²) in [6.07, 6.45) is 7.21. The second-order valence-electron chi connectivity index (χ2n) is 8.39. The Hall–Kier alpha value is -1.29. The lowest BCUT2D eigenvalue weighted by Gasteiger charge is -2.46. The zero-order valence-electron chi connectivity index (χ0n) is 17.4. The van der Waals surface area contributed by atoms with Gasteiger partial charge in [0.05, 0.1) is 24.6 Å². The number of piperidine rings is 1. The van der Waals surface area contributed by atoms with Crippen LogP contribution in [0.1, 0.15) is 47.7 Å². The molecule has 2 aromatic heterocycles. The molecule has 0 bridgehead atoms. The molecule has 160 valence electrons. The zero-order chi connectivity index (χ0) is 20.6. The van der Waals surface area contributed by atoms with Crippen molar-refractivity contribution in [1.29, 1.82) is 0 Å². The summed E-state index contributed by atoms with van der Waals surface area (Å²) in [4.78, 5) is 5.35. The molecule has 4 heterocycles. The number of fused-ring (bicyclic) bond motifs is 2. The van der Waals surface area contributed by atoms with Gasteiger partial charge >= 0.3 is 0 Å². The highest BCUT2D eigenvalue weighted by Gasteiger charge is 2.44. The Balaban J connectivity index is 1.42. The SMILES string of the molecule is CCc1cc2c(s1)[C@]1(CCN(Cc3cn(CCS(C)(=O)=O)nn3)[C@@H](C)C1)OCC2. The van der Waals surface area contributed by atoms with Crippen LogP contribution in [0.2, 0.25) is 0 Å². The Labute approximate surface area is 177 Å². The molecule has 0 aromatic carbocycles. The molecule has 2 aromatic rings. The minimum Gasteiger partial charge on any atom is -0.369 e. The molecule has 0 aliphatic carbocycles. The number of ether oxygens (including phenoxy) is 1. The fourth-order valence-corrected chi connectivity index (χ4v) is 6.32. The number of thiophene rings is 1. The first-order valence-electron chi connectivity index (χ1n) is 10.3. The van der Waals surface area contributed by atoms with E-state index in [0.717, 1.165) is 51.1 Å². The van der Waals surface area contributed by atoms with Crippen LogP contribution in [0.25, 0.3) is 0 Å². The first-order chi connectivity index (χ1) is 13.8. The molecule has 9 heteroatoms. The van der Waals surface area contributed by atoms with Gasteiger partial charge in [-0.05, 0) is 44.2 Å². The predicted octanol–water partition coefficient (Wildman–Crippen LogP) is 2.40. The van der Waals surface area contributed by atoms with E-state index in [4.69, 9.17) is 4.74 Å². The third-order valence-electron chi connectivity index (χ3n) is 6.07. The smallest absolute Gasteiger partial charge is 0.149 e. The maximum absolute atomic E-state index is 11.3. The van der Waals surface area contributed by atoms with Crippen molar-refractivity contribution in [3.8, 4) is 0 Å². The van der Waals surface area contributed by atoms with Crippen LogP contribution < -0.4 is 0 Å². The van der Waals surface area contributed by atoms with E-state index < -0.39 is 9.84 Å². The minimum absolute atomic E-state index is 0.0820. The average molecular weight is 439 g/mol. The van der Waals surface area contributed by atoms with Crippen molar-refractivity contribution in [3.05, 3.63) is 33.3 Å². The first-order valence-corrected chi connectivity index (χ1v) is 13.2. The van der Waals surface area contributed by atoms with E-state index in [1.54, 1.807) is 4.68 Å². The molecule has 0 saturated carbocycles. The molecule has 0 radical (unpaired) electrons. The van der Waals surface area contributed by atoms with Crippen molar-refractivity contribution in [3.63, 3.8) is 0 Å². The number of likely N-dealkylation sites (tertiary alicyclic amines) is 1. The maximum atomic E-state index is 11.3. The summed E-state index contributed by atoms with van der Waals surface area (Å²) in [5.41, 5.74) is 2.25. The van der Waals surface area contributed by atoms with E-state index in [1.165, 1.54) is 21.6 Å². The number of rotatable bonds is 6. The van der Waals surface area contributed by atoms with Gasteiger partial charge in [0.2, 0.25) is 0 Å². The van der Waals surface area contributed by atoms with Crippen molar-refractivity contribution in [1.82, 2.24) is 19.9 Å². The maximum Gasteiger partial charge on any atom is 0.149 e. The Morgan fingerprint density at radius 3 is 2.97 bits per heavy atom. The molecule has 1 spiro atoms. The predicted molar refractivity (Wildman–Crippen MR) is 114 cm³/mol. The van der Waals surface area contributed by atoms with Gasteiger partial charge < -0.3 is 4.74 Å². The number of aryl methyl sites for hydroxylation is 2. The van der Waals surface area contributed by atoms with Crippen molar-refractivity contribution in [2.75, 3.05) is 25.2 Å². The standard InChI is InChI=1S/C20H30N4O3S2/c1-4-18-11-16-5-9-27-20(19(16)28-18)6-7-23(15(2)12-20)13-17-14-24(22-21-17)8-10-29(3,25)26/h11,14-15H,4-10,12-13H2,1-3H3/t15-,20+/m0/s1. The number of sulfone groups is 1. The molecule has 29 heavy (non-hydrogen) atoms. The summed E-state index contributed by atoms with van der Waals surface area (Å²) in [5, 5.41) is 8.33. The van der Waals surface area contributed by atoms with Crippen molar-refractivity contribution in [2.24, 2.45) is 0 Å². The van der Waals surface area contributed by atoms with Crippen LogP contribution in [0.4, 0.5) is 0 Å². The average Bonchev–Trinajstić information content (AvgIpc) is 3.29. The summed E-state index contributed by atoms with van der Waals surface area (Å²) in [6, 6.07) is 2.76. The second kappa shape index (κ2) is 8.09. The van der Waals surface area contributed by atoms with Gasteiger partial charge in [0.15, 0.2) is 0 Å². The van der Waals surface area contributed by atoms with E-state index >= 15 is 0 Å². The summed E-state index contributed by atoms with van der Waals surface area (Å²) >= 11 is 1.94. The molecule has 1 saturated heterocycles. The summed E-state index contributed by atoms with van der Waals surface area (Å²) in [5.74, 6) is 0.0820. The normalized spacial score (nSPS) is 25.4. The molecule has 7 nitrogen and oxygen atoms in total. The molecule has 0 amide bonds. The van der Waals surface area contributed by atoms with Crippen molar-refractivity contribution >= 4 is 21.2 Å². The van der Waals surface area contributed by atoms with Gasteiger partial charge in [-0.2, -0.15) is 0 Å². The highest BCUT2D eigenvalue weighted by atomic mass is 32.2. The molecule has 2 aliphatic heterocycles. The van der Waals surface area contributed by atoms with Crippen molar-refractivity contribution < 1.29 is 13.2 Å². The van der Waals surface area contributed by atoms with Crippen LogP contribution in [0, 0.1) is 0 Å². The molecule has 0 N–H and O–H groups in total. The number of hydrogen-bond donors (Lipinski definition) is 0. The number of aromatic nitrogens is 3. The monoisotopic (exact) mass is 438 g/mol. The van der Waals surface area contributed by atoms with Gasteiger partial charge in [0.1, 0.15) is 15.4 Å². The number of hydrogen-bond acceptors (Lipinski definition) is 7. The molecular weight excluding hydrogens is 408 g/mol. The molecule has 1 fully saturated rings. The highest BCUT2D eigenvalue weighted by molar-refractivity contribution is 7.90. The topological polar surface area (TPSA) is 77.3 Å². The van der Waals surface area contributed by atoms with Gasteiger partial charge in [-0.25, -0.2) is 8.42 Å². The fraction of sp³-hybridized carbons (Fsp3) is 0.700. The van der Waals surface area contributed by atoms with Crippen molar-refractivity contribution in [2.45, 2.75) is 64.3 Å². The summed E-state index contributed by atoms with van der Waals surface area (Å²) < 4.78 is 30.7. The third-order valence-corrected chi connectivity index (χ3v) is 8.50. The quantitative estimate of drug-likeness (QED) is 0.689. The largest absolute Gasteiger partial charge is 0.369 e. The summed E-state index contributed by atoms with van der Waals surface area (Å²) in [6.45, 7) is 7.33. The lowest BCUT2D eigenvalue weighted by molar-refractivity contribution is -0.110. The van der Waals surface area contributed by atoms with Crippen LogP contribution in [0.15, 0.2) is 12.3 Å². The van der Waals surface area contributed by atoms with Gasteiger partial charge in [0, 0.05) is 41.3 Å².